The molecule has 2 rings (SSSR count). The number of halogens is 1. The summed E-state index contributed by atoms with van der Waals surface area (Å²) in [6.07, 6.45) is 0.842. The first-order valence-corrected chi connectivity index (χ1v) is 12.0. The normalized spacial score (nSPS) is 16.4. The summed E-state index contributed by atoms with van der Waals surface area (Å²) in [5, 5.41) is 14.2. The zero-order valence-electron chi connectivity index (χ0n) is 20.4. The summed E-state index contributed by atoms with van der Waals surface area (Å²) in [5.74, 6) is -2.22. The fourth-order valence-corrected chi connectivity index (χ4v) is 4.28. The second-order valence-electron chi connectivity index (χ2n) is 9.25. The molecule has 35 heavy (non-hydrogen) atoms. The van der Waals surface area contributed by atoms with Crippen LogP contribution in [0.4, 0.5) is 4.79 Å². The number of nitrogens with zero attached hydrogens (tertiary/aromatic N) is 1. The van der Waals surface area contributed by atoms with Crippen molar-refractivity contribution in [1.29, 1.82) is 0 Å². The standard InChI is InChI=1S/C24H32ClN3O7/c1-14(2)21(27-22(32)18-8-7-17(12-19(18)25)35-15(3)4)23(33)28(9-5-6-10-28)24(34)26-16(13-29)11-20(30)31/h7-8,12-16,21H,5-6,9-11H2,1-4H3,(H2-,26,27,30,31,32,34)/p+1/t16-,21-/m0/s1. The van der Waals surface area contributed by atoms with Gasteiger partial charge in [-0.3, -0.25) is 14.9 Å². The van der Waals surface area contributed by atoms with Crippen LogP contribution in [0.2, 0.25) is 5.02 Å². The van der Waals surface area contributed by atoms with Crippen LogP contribution in [0.3, 0.4) is 0 Å². The van der Waals surface area contributed by atoms with Gasteiger partial charge in [0.1, 0.15) is 24.1 Å². The number of carbonyl (C=O) groups is 5. The average Bonchev–Trinajstić information content (AvgIpc) is 3.26. The predicted molar refractivity (Wildman–Crippen MR) is 128 cm³/mol. The lowest BCUT2D eigenvalue weighted by atomic mass is 10.0. The lowest BCUT2D eigenvalue weighted by Crippen LogP contribution is -2.66. The number of amides is 4. The Morgan fingerprint density at radius 1 is 1.11 bits per heavy atom. The van der Waals surface area contributed by atoms with Gasteiger partial charge in [-0.15, -0.1) is 0 Å². The molecule has 1 fully saturated rings. The molecule has 1 aromatic rings. The number of hydrogen-bond acceptors (Lipinski definition) is 6. The van der Waals surface area contributed by atoms with Crippen molar-refractivity contribution in [3.8, 4) is 5.75 Å². The van der Waals surface area contributed by atoms with Crippen LogP contribution < -0.4 is 15.4 Å². The number of carboxylic acid groups (broad SMARTS) is 1. The summed E-state index contributed by atoms with van der Waals surface area (Å²) in [6.45, 7) is 7.58. The maximum atomic E-state index is 13.7. The van der Waals surface area contributed by atoms with Gasteiger partial charge in [0.25, 0.3) is 5.91 Å². The number of aliphatic carboxylic acids is 1. The zero-order valence-corrected chi connectivity index (χ0v) is 21.1. The second kappa shape index (κ2) is 12.1. The third kappa shape index (κ3) is 7.02. The molecular formula is C24H33ClN3O7+. The van der Waals surface area contributed by atoms with E-state index in [1.165, 1.54) is 12.1 Å². The van der Waals surface area contributed by atoms with Gasteiger partial charge in [-0.1, -0.05) is 25.4 Å². The van der Waals surface area contributed by atoms with Crippen molar-refractivity contribution in [2.24, 2.45) is 5.92 Å². The maximum Gasteiger partial charge on any atom is 0.424 e. The number of aldehydes is 1. The van der Waals surface area contributed by atoms with E-state index in [1.54, 1.807) is 19.9 Å². The molecule has 1 aliphatic rings. The summed E-state index contributed by atoms with van der Waals surface area (Å²) in [5.41, 5.74) is 0.154. The maximum absolute atomic E-state index is 13.7. The Bertz CT molecular complexity index is 974. The number of imide groups is 1. The summed E-state index contributed by atoms with van der Waals surface area (Å²) in [6, 6.07) is 1.59. The van der Waals surface area contributed by atoms with E-state index in [1.807, 2.05) is 13.8 Å². The molecule has 10 nitrogen and oxygen atoms in total. The molecule has 11 heteroatoms. The number of carbonyl (C=O) groups excluding carboxylic acids is 4. The quantitative estimate of drug-likeness (QED) is 0.325. The molecule has 1 aromatic carbocycles. The number of quaternary nitrogens is 1. The van der Waals surface area contributed by atoms with E-state index in [0.717, 1.165) is 0 Å². The number of ether oxygens (including phenoxy) is 1. The largest absolute Gasteiger partial charge is 0.491 e. The third-order valence-corrected chi connectivity index (χ3v) is 6.10. The number of carboxylic acids is 1. The van der Waals surface area contributed by atoms with Crippen LogP contribution in [-0.2, 0) is 14.4 Å². The molecule has 1 aliphatic heterocycles. The van der Waals surface area contributed by atoms with Crippen molar-refractivity contribution in [3.05, 3.63) is 28.8 Å². The van der Waals surface area contributed by atoms with Crippen molar-refractivity contribution in [2.75, 3.05) is 13.1 Å². The Hall–Kier alpha value is -2.98. The topological polar surface area (TPSA) is 139 Å². The minimum atomic E-state index is -1.26. The number of benzene rings is 1. The van der Waals surface area contributed by atoms with Gasteiger partial charge in [0.05, 0.1) is 36.2 Å². The molecule has 1 heterocycles. The van der Waals surface area contributed by atoms with E-state index in [2.05, 4.69) is 10.6 Å². The first kappa shape index (κ1) is 28.3. The highest BCUT2D eigenvalue weighted by molar-refractivity contribution is 6.34. The highest BCUT2D eigenvalue weighted by Gasteiger charge is 2.51. The van der Waals surface area contributed by atoms with Crippen LogP contribution in [0, 0.1) is 5.92 Å². The smallest absolute Gasteiger partial charge is 0.424 e. The Morgan fingerprint density at radius 3 is 2.23 bits per heavy atom. The second-order valence-corrected chi connectivity index (χ2v) is 9.66. The lowest BCUT2D eigenvalue weighted by Gasteiger charge is -2.33. The van der Waals surface area contributed by atoms with Crippen molar-refractivity contribution in [1.82, 2.24) is 10.6 Å². The van der Waals surface area contributed by atoms with Crippen molar-refractivity contribution >= 4 is 41.7 Å². The van der Waals surface area contributed by atoms with Gasteiger partial charge >= 0.3 is 17.9 Å². The van der Waals surface area contributed by atoms with Crippen molar-refractivity contribution in [2.45, 2.75) is 65.1 Å². The van der Waals surface area contributed by atoms with Gasteiger partial charge in [-0.2, -0.15) is 4.48 Å². The van der Waals surface area contributed by atoms with E-state index in [-0.39, 0.29) is 35.7 Å². The lowest BCUT2D eigenvalue weighted by molar-refractivity contribution is -0.761. The predicted octanol–water partition coefficient (Wildman–Crippen LogP) is 2.77. The van der Waals surface area contributed by atoms with E-state index >= 15 is 0 Å². The molecule has 0 saturated carbocycles. The van der Waals surface area contributed by atoms with Gasteiger partial charge < -0.3 is 20.0 Å². The molecule has 192 valence electrons. The molecule has 0 spiro atoms. The Kier molecular flexibility index (Phi) is 9.79. The molecule has 0 aromatic heterocycles. The van der Waals surface area contributed by atoms with E-state index in [9.17, 15) is 24.0 Å². The molecule has 2 atom stereocenters. The molecule has 1 saturated heterocycles. The van der Waals surface area contributed by atoms with Gasteiger partial charge in [0.2, 0.25) is 0 Å². The molecule has 3 N–H and O–H groups in total. The molecular weight excluding hydrogens is 478 g/mol. The SMILES string of the molecule is CC(C)Oc1ccc(C(=O)N[C@H](C(=O)[N+]2(C(=O)N[C@H](C=O)CC(=O)O)CCCC2)C(C)C)c(Cl)c1. The number of nitrogens with one attached hydrogen (secondary N) is 2. The van der Waals surface area contributed by atoms with Crippen molar-refractivity contribution < 1.29 is 38.3 Å². The third-order valence-electron chi connectivity index (χ3n) is 5.78. The average molecular weight is 511 g/mol. The summed E-state index contributed by atoms with van der Waals surface area (Å²) in [7, 11) is 0. The van der Waals surface area contributed by atoms with Crippen LogP contribution in [0.15, 0.2) is 18.2 Å². The fourth-order valence-electron chi connectivity index (χ4n) is 4.03. The fraction of sp³-hybridized carbons (Fsp3) is 0.542. The van der Waals surface area contributed by atoms with Crippen LogP contribution in [0.25, 0.3) is 0 Å². The zero-order chi connectivity index (χ0) is 26.3. The summed E-state index contributed by atoms with van der Waals surface area (Å²) in [4.78, 5) is 62.2. The molecule has 0 aliphatic carbocycles. The first-order valence-electron chi connectivity index (χ1n) is 11.6. The van der Waals surface area contributed by atoms with Crippen LogP contribution in [-0.4, -0.2) is 71.0 Å². The Labute approximate surface area is 209 Å². The molecule has 0 unspecified atom stereocenters. The molecule has 4 amide bonds. The van der Waals surface area contributed by atoms with Crippen LogP contribution >= 0.6 is 11.6 Å². The highest BCUT2D eigenvalue weighted by Crippen LogP contribution is 2.26. The monoisotopic (exact) mass is 510 g/mol. The minimum Gasteiger partial charge on any atom is -0.491 e. The minimum absolute atomic E-state index is 0.0745. The number of urea groups is 1. The summed E-state index contributed by atoms with van der Waals surface area (Å²) >= 11 is 6.30. The van der Waals surface area contributed by atoms with Gasteiger partial charge in [-0.25, -0.2) is 9.59 Å². The van der Waals surface area contributed by atoms with E-state index < -0.39 is 46.8 Å². The van der Waals surface area contributed by atoms with Gasteiger partial charge in [-0.05, 0) is 38.0 Å². The first-order chi connectivity index (χ1) is 16.4. The van der Waals surface area contributed by atoms with Crippen molar-refractivity contribution in [3.63, 3.8) is 0 Å². The van der Waals surface area contributed by atoms with Gasteiger partial charge in [0, 0.05) is 12.8 Å². The van der Waals surface area contributed by atoms with Crippen LogP contribution in [0.1, 0.15) is 57.3 Å². The summed E-state index contributed by atoms with van der Waals surface area (Å²) < 4.78 is 4.96. The molecule has 0 bridgehead atoms. The van der Waals surface area contributed by atoms with E-state index in [0.29, 0.717) is 24.9 Å². The molecule has 0 radical (unpaired) electrons. The number of rotatable bonds is 10. The van der Waals surface area contributed by atoms with Gasteiger partial charge in [0.15, 0.2) is 0 Å². The number of likely N-dealkylation sites (tertiary alicyclic amines) is 1. The van der Waals surface area contributed by atoms with Crippen LogP contribution in [0.5, 0.6) is 5.75 Å². The Balaban J connectivity index is 2.27. The Morgan fingerprint density at radius 2 is 1.74 bits per heavy atom. The van der Waals surface area contributed by atoms with E-state index in [4.69, 9.17) is 21.4 Å². The number of hydrogen-bond donors (Lipinski definition) is 3. The highest BCUT2D eigenvalue weighted by atomic mass is 35.5.